The third-order valence-corrected chi connectivity index (χ3v) is 4.75. The number of oxazole rings is 1. The smallest absolute Gasteiger partial charge is 0.209 e. The van der Waals surface area contributed by atoms with E-state index in [1.54, 1.807) is 6.20 Å². The van der Waals surface area contributed by atoms with Crippen molar-refractivity contribution in [2.24, 2.45) is 7.05 Å². The summed E-state index contributed by atoms with van der Waals surface area (Å²) in [6.45, 7) is 1.77. The van der Waals surface area contributed by atoms with Crippen LogP contribution >= 0.6 is 11.6 Å². The van der Waals surface area contributed by atoms with Gasteiger partial charge in [0.2, 0.25) is 5.89 Å². The van der Waals surface area contributed by atoms with Gasteiger partial charge in [0.15, 0.2) is 5.76 Å². The van der Waals surface area contributed by atoms with Gasteiger partial charge >= 0.3 is 0 Å². The number of hydrogen-bond donors (Lipinski definition) is 0. The maximum Gasteiger partial charge on any atom is 0.209 e. The minimum absolute atomic E-state index is 0.393. The lowest BCUT2D eigenvalue weighted by atomic mass is 10.1. The van der Waals surface area contributed by atoms with Crippen molar-refractivity contribution in [2.75, 3.05) is 6.54 Å². The number of hydrogen-bond acceptors (Lipinski definition) is 4. The summed E-state index contributed by atoms with van der Waals surface area (Å²) in [7, 11) is 1.95. The van der Waals surface area contributed by atoms with Crippen LogP contribution < -0.4 is 0 Å². The molecular formula is C18H19ClN4O. The molecule has 1 aliphatic heterocycles. The van der Waals surface area contributed by atoms with E-state index in [1.807, 2.05) is 42.2 Å². The Balaban J connectivity index is 1.50. The molecule has 6 heteroatoms. The van der Waals surface area contributed by atoms with Crippen molar-refractivity contribution >= 4 is 11.6 Å². The molecule has 1 saturated heterocycles. The molecule has 0 bridgehead atoms. The molecular weight excluding hydrogens is 324 g/mol. The normalized spacial score (nSPS) is 18.3. The Morgan fingerprint density at radius 1 is 1.25 bits per heavy atom. The van der Waals surface area contributed by atoms with Crippen molar-refractivity contribution < 1.29 is 4.42 Å². The van der Waals surface area contributed by atoms with E-state index in [1.165, 1.54) is 12.0 Å². The van der Waals surface area contributed by atoms with Gasteiger partial charge in [0, 0.05) is 35.4 Å². The van der Waals surface area contributed by atoms with Crippen LogP contribution in [-0.2, 0) is 13.6 Å². The van der Waals surface area contributed by atoms with Gasteiger partial charge in [0.05, 0.1) is 18.9 Å². The number of halogens is 1. The fourth-order valence-corrected chi connectivity index (χ4v) is 3.44. The number of likely N-dealkylation sites (tertiary alicyclic amines) is 1. The molecule has 5 nitrogen and oxygen atoms in total. The molecule has 24 heavy (non-hydrogen) atoms. The van der Waals surface area contributed by atoms with Gasteiger partial charge in [-0.2, -0.15) is 5.10 Å². The van der Waals surface area contributed by atoms with Gasteiger partial charge in [-0.3, -0.25) is 9.58 Å². The van der Waals surface area contributed by atoms with E-state index in [0.717, 1.165) is 35.2 Å². The van der Waals surface area contributed by atoms with Crippen LogP contribution in [0.3, 0.4) is 0 Å². The number of benzene rings is 1. The molecule has 3 aromatic rings. The fraction of sp³-hybridized carbons (Fsp3) is 0.333. The first-order valence-corrected chi connectivity index (χ1v) is 8.50. The maximum absolute atomic E-state index is 5.94. The van der Waals surface area contributed by atoms with Crippen LogP contribution in [0, 0.1) is 0 Å². The number of aromatic nitrogens is 3. The number of nitrogens with zero attached hydrogens (tertiary/aromatic N) is 4. The minimum atomic E-state index is 0.393. The Labute approximate surface area is 145 Å². The summed E-state index contributed by atoms with van der Waals surface area (Å²) >= 11 is 5.93. The molecule has 0 amide bonds. The Morgan fingerprint density at radius 3 is 2.83 bits per heavy atom. The lowest BCUT2D eigenvalue weighted by molar-refractivity contribution is 0.224. The lowest BCUT2D eigenvalue weighted by Gasteiger charge is -2.21. The van der Waals surface area contributed by atoms with Crippen molar-refractivity contribution in [1.29, 1.82) is 0 Å². The Hall–Kier alpha value is -2.11. The quantitative estimate of drug-likeness (QED) is 0.717. The molecule has 0 spiro atoms. The number of aryl methyl sites for hydroxylation is 1. The summed E-state index contributed by atoms with van der Waals surface area (Å²) < 4.78 is 7.80. The standard InChI is InChI=1S/C18H19ClN4O/c1-22-11-14(9-21-22)16-3-2-8-23(16)12-18-20-10-17(24-18)13-4-6-15(19)7-5-13/h4-7,9-11,16H,2-3,8,12H2,1H3/t16-/m1/s1. The summed E-state index contributed by atoms with van der Waals surface area (Å²) in [6.07, 6.45) is 8.17. The summed E-state index contributed by atoms with van der Waals surface area (Å²) in [5, 5.41) is 5.01. The van der Waals surface area contributed by atoms with Crippen LogP contribution in [0.5, 0.6) is 0 Å². The van der Waals surface area contributed by atoms with E-state index in [0.29, 0.717) is 12.6 Å². The van der Waals surface area contributed by atoms with Crippen LogP contribution in [0.1, 0.15) is 30.3 Å². The van der Waals surface area contributed by atoms with E-state index < -0.39 is 0 Å². The van der Waals surface area contributed by atoms with Crippen LogP contribution in [-0.4, -0.2) is 26.2 Å². The molecule has 1 atom stereocenters. The first-order chi connectivity index (χ1) is 11.7. The second-order valence-corrected chi connectivity index (χ2v) is 6.64. The van der Waals surface area contributed by atoms with Crippen LogP contribution in [0.2, 0.25) is 5.02 Å². The largest absolute Gasteiger partial charge is 0.439 e. The predicted molar refractivity (Wildman–Crippen MR) is 92.5 cm³/mol. The van der Waals surface area contributed by atoms with Gasteiger partial charge in [0.25, 0.3) is 0 Å². The van der Waals surface area contributed by atoms with Crippen LogP contribution in [0.4, 0.5) is 0 Å². The molecule has 0 saturated carbocycles. The average Bonchev–Trinajstić information content (AvgIpc) is 3.30. The van der Waals surface area contributed by atoms with Crippen molar-refractivity contribution in [1.82, 2.24) is 19.7 Å². The van der Waals surface area contributed by atoms with Gasteiger partial charge in [0.1, 0.15) is 0 Å². The monoisotopic (exact) mass is 342 g/mol. The van der Waals surface area contributed by atoms with Crippen molar-refractivity contribution in [3.05, 3.63) is 59.3 Å². The Bertz CT molecular complexity index is 824. The van der Waals surface area contributed by atoms with Gasteiger partial charge in [-0.1, -0.05) is 11.6 Å². The van der Waals surface area contributed by atoms with Gasteiger partial charge in [-0.25, -0.2) is 4.98 Å². The highest BCUT2D eigenvalue weighted by atomic mass is 35.5. The third-order valence-electron chi connectivity index (χ3n) is 4.49. The zero-order valence-electron chi connectivity index (χ0n) is 13.5. The van der Waals surface area contributed by atoms with E-state index >= 15 is 0 Å². The van der Waals surface area contributed by atoms with E-state index in [2.05, 4.69) is 21.2 Å². The molecule has 3 heterocycles. The highest BCUT2D eigenvalue weighted by Crippen LogP contribution is 2.33. The topological polar surface area (TPSA) is 47.1 Å². The van der Waals surface area contributed by atoms with Crippen LogP contribution in [0.15, 0.2) is 47.3 Å². The molecule has 1 aliphatic rings. The molecule has 0 aliphatic carbocycles. The lowest BCUT2D eigenvalue weighted by Crippen LogP contribution is -2.22. The molecule has 0 N–H and O–H groups in total. The first kappa shape index (κ1) is 15.4. The summed E-state index contributed by atoms with van der Waals surface area (Å²) in [5.41, 5.74) is 2.25. The SMILES string of the molecule is Cn1cc([C@H]2CCCN2Cc2ncc(-c3ccc(Cl)cc3)o2)cn1. The third kappa shape index (κ3) is 3.09. The van der Waals surface area contributed by atoms with E-state index in [4.69, 9.17) is 16.0 Å². The van der Waals surface area contributed by atoms with E-state index in [9.17, 15) is 0 Å². The molecule has 124 valence electrons. The van der Waals surface area contributed by atoms with Crippen molar-refractivity contribution in [3.8, 4) is 11.3 Å². The molecule has 2 aromatic heterocycles. The zero-order chi connectivity index (χ0) is 16.5. The summed E-state index contributed by atoms with van der Waals surface area (Å²) in [5.74, 6) is 1.52. The van der Waals surface area contributed by atoms with E-state index in [-0.39, 0.29) is 0 Å². The van der Waals surface area contributed by atoms with Crippen molar-refractivity contribution in [2.45, 2.75) is 25.4 Å². The van der Waals surface area contributed by atoms with Crippen molar-refractivity contribution in [3.63, 3.8) is 0 Å². The highest BCUT2D eigenvalue weighted by Gasteiger charge is 2.28. The second-order valence-electron chi connectivity index (χ2n) is 6.20. The molecule has 1 fully saturated rings. The van der Waals surface area contributed by atoms with Gasteiger partial charge < -0.3 is 4.42 Å². The summed E-state index contributed by atoms with van der Waals surface area (Å²) in [6, 6.07) is 8.00. The number of rotatable bonds is 4. The highest BCUT2D eigenvalue weighted by molar-refractivity contribution is 6.30. The van der Waals surface area contributed by atoms with Gasteiger partial charge in [-0.05, 0) is 43.7 Å². The fourth-order valence-electron chi connectivity index (χ4n) is 3.31. The Kier molecular flexibility index (Phi) is 4.12. The molecule has 1 aromatic carbocycles. The maximum atomic E-state index is 5.94. The average molecular weight is 343 g/mol. The van der Waals surface area contributed by atoms with Crippen LogP contribution in [0.25, 0.3) is 11.3 Å². The van der Waals surface area contributed by atoms with Gasteiger partial charge in [-0.15, -0.1) is 0 Å². The molecule has 0 radical (unpaired) electrons. The summed E-state index contributed by atoms with van der Waals surface area (Å²) in [4.78, 5) is 6.86. The Morgan fingerprint density at radius 2 is 2.08 bits per heavy atom. The zero-order valence-corrected chi connectivity index (χ0v) is 14.3. The molecule has 4 rings (SSSR count). The second kappa shape index (κ2) is 6.42. The minimum Gasteiger partial charge on any atom is -0.439 e. The predicted octanol–water partition coefficient (Wildman–Crippen LogP) is 4.07. The molecule has 0 unspecified atom stereocenters. The first-order valence-electron chi connectivity index (χ1n) is 8.12.